The fourth-order valence-electron chi connectivity index (χ4n) is 1.11. The highest BCUT2D eigenvalue weighted by atomic mass is 35.5. The quantitative estimate of drug-likeness (QED) is 0.866. The normalized spacial score (nSPS) is 13.2. The summed E-state index contributed by atoms with van der Waals surface area (Å²) in [5.74, 6) is 0.790. The molecule has 0 aliphatic carbocycles. The molecule has 0 spiro atoms. The smallest absolute Gasteiger partial charge is 0.0855 e. The van der Waals surface area contributed by atoms with E-state index in [4.69, 9.17) is 16.7 Å². The fraction of sp³-hybridized carbons (Fsp3) is 0.667. The number of thioether (sulfide) groups is 1. The third kappa shape index (κ3) is 2.65. The van der Waals surface area contributed by atoms with E-state index < -0.39 is 0 Å². The molecule has 0 bridgehead atoms. The van der Waals surface area contributed by atoms with Crippen LogP contribution in [0.2, 0.25) is 5.02 Å². The second-order valence-electron chi connectivity index (χ2n) is 3.27. The average molecular weight is 235 g/mol. The maximum absolute atomic E-state index is 8.88. The summed E-state index contributed by atoms with van der Waals surface area (Å²) >= 11 is 7.76. The lowest BCUT2D eigenvalue weighted by molar-refractivity contribution is 0.300. The highest BCUT2D eigenvalue weighted by molar-refractivity contribution is 7.99. The van der Waals surface area contributed by atoms with Crippen LogP contribution in [0, 0.1) is 6.92 Å². The molecule has 1 rings (SSSR count). The van der Waals surface area contributed by atoms with Crippen LogP contribution in [0.1, 0.15) is 18.3 Å². The topological polar surface area (TPSA) is 38.0 Å². The van der Waals surface area contributed by atoms with Crippen LogP contribution in [-0.4, -0.2) is 26.7 Å². The molecule has 0 aliphatic heterocycles. The molecule has 1 N–H and O–H groups in total. The van der Waals surface area contributed by atoms with E-state index in [-0.39, 0.29) is 11.9 Å². The lowest BCUT2D eigenvalue weighted by atomic mass is 10.4. The van der Waals surface area contributed by atoms with Gasteiger partial charge in [0.2, 0.25) is 0 Å². The molecular weight excluding hydrogens is 220 g/mol. The first-order valence-corrected chi connectivity index (χ1v) is 5.89. The molecule has 1 aromatic rings. The summed E-state index contributed by atoms with van der Waals surface area (Å²) in [4.78, 5) is 0. The number of hydrogen-bond donors (Lipinski definition) is 1. The number of nitrogens with zero attached hydrogens (tertiary/aromatic N) is 2. The lowest BCUT2D eigenvalue weighted by Crippen LogP contribution is -2.04. The maximum Gasteiger partial charge on any atom is 0.0855 e. The number of aliphatic hydroxyl groups is 1. The molecule has 0 radical (unpaired) electrons. The van der Waals surface area contributed by atoms with Crippen molar-refractivity contribution in [2.45, 2.75) is 24.9 Å². The Hall–Kier alpha value is -0.190. The number of rotatable bonds is 4. The minimum atomic E-state index is 0.194. The van der Waals surface area contributed by atoms with Crippen molar-refractivity contribution in [2.24, 2.45) is 7.05 Å². The zero-order valence-corrected chi connectivity index (χ0v) is 10.2. The van der Waals surface area contributed by atoms with Gasteiger partial charge in [-0.25, -0.2) is 0 Å². The summed E-state index contributed by atoms with van der Waals surface area (Å²) in [5.41, 5.74) is 1.89. The molecular formula is C9H15ClN2OS. The molecule has 1 atom stereocenters. The van der Waals surface area contributed by atoms with E-state index in [2.05, 4.69) is 5.10 Å². The minimum Gasteiger partial charge on any atom is -0.395 e. The summed E-state index contributed by atoms with van der Waals surface area (Å²) in [6, 6.07) is 0. The van der Waals surface area contributed by atoms with Crippen LogP contribution in [0.5, 0.6) is 0 Å². The Morgan fingerprint density at radius 2 is 2.29 bits per heavy atom. The van der Waals surface area contributed by atoms with E-state index in [1.54, 1.807) is 16.4 Å². The molecule has 0 saturated heterocycles. The summed E-state index contributed by atoms with van der Waals surface area (Å²) < 4.78 is 1.80. The number of aliphatic hydroxyl groups excluding tert-OH is 1. The van der Waals surface area contributed by atoms with Gasteiger partial charge in [-0.05, 0) is 6.92 Å². The van der Waals surface area contributed by atoms with Gasteiger partial charge in [-0.3, -0.25) is 4.68 Å². The Morgan fingerprint density at radius 3 is 2.71 bits per heavy atom. The first-order chi connectivity index (χ1) is 6.56. The minimum absolute atomic E-state index is 0.194. The summed E-state index contributed by atoms with van der Waals surface area (Å²) in [5, 5.41) is 14.1. The van der Waals surface area contributed by atoms with E-state index >= 15 is 0 Å². The molecule has 0 amide bonds. The average Bonchev–Trinajstić information content (AvgIpc) is 2.39. The van der Waals surface area contributed by atoms with Crippen molar-refractivity contribution in [3.8, 4) is 0 Å². The second kappa shape index (κ2) is 5.05. The first kappa shape index (κ1) is 11.9. The van der Waals surface area contributed by atoms with Crippen molar-refractivity contribution < 1.29 is 5.11 Å². The van der Waals surface area contributed by atoms with Crippen LogP contribution in [0.15, 0.2) is 0 Å². The van der Waals surface area contributed by atoms with Gasteiger partial charge in [0, 0.05) is 18.1 Å². The van der Waals surface area contributed by atoms with Crippen molar-refractivity contribution in [2.75, 3.05) is 6.61 Å². The second-order valence-corrected chi connectivity index (χ2v) is 5.08. The van der Waals surface area contributed by atoms with Crippen LogP contribution in [0.3, 0.4) is 0 Å². The van der Waals surface area contributed by atoms with Crippen LogP contribution < -0.4 is 0 Å². The molecule has 0 fully saturated rings. The SMILES string of the molecule is Cc1nn(C)c(CSC(C)CO)c1Cl. The third-order valence-corrected chi connectivity index (χ3v) is 3.67. The van der Waals surface area contributed by atoms with Crippen LogP contribution >= 0.6 is 23.4 Å². The van der Waals surface area contributed by atoms with Crippen molar-refractivity contribution in [3.05, 3.63) is 16.4 Å². The Kier molecular flexibility index (Phi) is 4.29. The van der Waals surface area contributed by atoms with E-state index in [0.717, 1.165) is 22.2 Å². The molecule has 0 saturated carbocycles. The molecule has 3 nitrogen and oxygen atoms in total. The number of hydrogen-bond acceptors (Lipinski definition) is 3. The first-order valence-electron chi connectivity index (χ1n) is 4.46. The number of aryl methyl sites for hydroxylation is 2. The van der Waals surface area contributed by atoms with E-state index in [0.29, 0.717) is 0 Å². The van der Waals surface area contributed by atoms with E-state index in [1.807, 2.05) is 20.9 Å². The lowest BCUT2D eigenvalue weighted by Gasteiger charge is -2.07. The van der Waals surface area contributed by atoms with E-state index in [1.165, 1.54) is 0 Å². The van der Waals surface area contributed by atoms with Crippen molar-refractivity contribution >= 4 is 23.4 Å². The number of halogens is 1. The molecule has 14 heavy (non-hydrogen) atoms. The summed E-state index contributed by atoms with van der Waals surface area (Å²) in [6.07, 6.45) is 0. The zero-order valence-electron chi connectivity index (χ0n) is 8.62. The Balaban J connectivity index is 2.67. The van der Waals surface area contributed by atoms with Gasteiger partial charge in [-0.2, -0.15) is 5.10 Å². The summed E-state index contributed by atoms with van der Waals surface area (Å²) in [7, 11) is 1.89. The van der Waals surface area contributed by atoms with Gasteiger partial charge in [0.15, 0.2) is 0 Å². The molecule has 5 heteroatoms. The van der Waals surface area contributed by atoms with Gasteiger partial charge < -0.3 is 5.11 Å². The Morgan fingerprint density at radius 1 is 1.64 bits per heavy atom. The van der Waals surface area contributed by atoms with Crippen LogP contribution in [0.25, 0.3) is 0 Å². The van der Waals surface area contributed by atoms with E-state index in [9.17, 15) is 0 Å². The highest BCUT2D eigenvalue weighted by Crippen LogP contribution is 2.25. The van der Waals surface area contributed by atoms with Gasteiger partial charge in [0.05, 0.1) is 23.0 Å². The predicted octanol–water partition coefficient (Wildman–Crippen LogP) is 2.00. The largest absolute Gasteiger partial charge is 0.395 e. The Labute approximate surface area is 93.4 Å². The van der Waals surface area contributed by atoms with Gasteiger partial charge in [0.1, 0.15) is 0 Å². The van der Waals surface area contributed by atoms with Gasteiger partial charge >= 0.3 is 0 Å². The van der Waals surface area contributed by atoms with Gasteiger partial charge in [0.25, 0.3) is 0 Å². The number of aromatic nitrogens is 2. The zero-order chi connectivity index (χ0) is 10.7. The van der Waals surface area contributed by atoms with Crippen molar-refractivity contribution in [3.63, 3.8) is 0 Å². The molecule has 1 aromatic heterocycles. The fourth-order valence-corrected chi connectivity index (χ4v) is 2.30. The maximum atomic E-state index is 8.88. The monoisotopic (exact) mass is 234 g/mol. The molecule has 1 heterocycles. The standard InChI is InChI=1S/C9H15ClN2OS/c1-6(4-13)14-5-8-9(10)7(2)11-12(8)3/h6,13H,4-5H2,1-3H3. The van der Waals surface area contributed by atoms with Crippen molar-refractivity contribution in [1.82, 2.24) is 9.78 Å². The highest BCUT2D eigenvalue weighted by Gasteiger charge is 2.12. The molecule has 0 aromatic carbocycles. The molecule has 0 aliphatic rings. The Bertz CT molecular complexity index is 314. The third-order valence-electron chi connectivity index (χ3n) is 2.02. The predicted molar refractivity (Wildman–Crippen MR) is 60.8 cm³/mol. The van der Waals surface area contributed by atoms with Crippen LogP contribution in [-0.2, 0) is 12.8 Å². The summed E-state index contributed by atoms with van der Waals surface area (Å²) in [6.45, 7) is 4.08. The van der Waals surface area contributed by atoms with Gasteiger partial charge in [-0.15, -0.1) is 11.8 Å². The molecule has 1 unspecified atom stereocenters. The van der Waals surface area contributed by atoms with Gasteiger partial charge in [-0.1, -0.05) is 18.5 Å². The molecule has 80 valence electrons. The van der Waals surface area contributed by atoms with Crippen molar-refractivity contribution in [1.29, 1.82) is 0 Å². The van der Waals surface area contributed by atoms with Crippen LogP contribution in [0.4, 0.5) is 0 Å².